The van der Waals surface area contributed by atoms with Crippen molar-refractivity contribution >= 4 is 0 Å². The normalized spacial score (nSPS) is 23.1. The van der Waals surface area contributed by atoms with Crippen LogP contribution in [0, 0.1) is 5.41 Å². The summed E-state index contributed by atoms with van der Waals surface area (Å²) in [5.41, 5.74) is 0.627. The molecule has 0 bridgehead atoms. The van der Waals surface area contributed by atoms with Gasteiger partial charge in [-0.15, -0.1) is 5.10 Å². The van der Waals surface area contributed by atoms with Crippen molar-refractivity contribution in [1.29, 1.82) is 0 Å². The molecule has 0 aliphatic heterocycles. The third kappa shape index (κ3) is 1.80. The maximum Gasteiger partial charge on any atom is 0.0855 e. The topological polar surface area (TPSA) is 50.9 Å². The van der Waals surface area contributed by atoms with Crippen LogP contribution in [0.15, 0.2) is 6.20 Å². The van der Waals surface area contributed by atoms with Crippen LogP contribution in [0.25, 0.3) is 0 Å². The summed E-state index contributed by atoms with van der Waals surface area (Å²) in [5, 5.41) is 18.0. The summed E-state index contributed by atoms with van der Waals surface area (Å²) in [6.45, 7) is 4.36. The molecule has 1 fully saturated rings. The Morgan fingerprint density at radius 3 is 2.57 bits per heavy atom. The SMILES string of the molecule is Cn1cc(CC2(O)CC(C)(C)C2)nn1. The molecule has 1 aliphatic carbocycles. The summed E-state index contributed by atoms with van der Waals surface area (Å²) in [4.78, 5) is 0. The van der Waals surface area contributed by atoms with E-state index >= 15 is 0 Å². The second-order valence-electron chi connectivity index (χ2n) is 5.30. The highest BCUT2D eigenvalue weighted by Crippen LogP contribution is 2.48. The van der Waals surface area contributed by atoms with Gasteiger partial charge in [-0.25, -0.2) is 0 Å². The highest BCUT2D eigenvalue weighted by atomic mass is 16.3. The van der Waals surface area contributed by atoms with Gasteiger partial charge in [0.15, 0.2) is 0 Å². The molecule has 0 unspecified atom stereocenters. The van der Waals surface area contributed by atoms with Gasteiger partial charge in [0, 0.05) is 19.7 Å². The second-order valence-corrected chi connectivity index (χ2v) is 5.30. The maximum atomic E-state index is 10.1. The van der Waals surface area contributed by atoms with Crippen LogP contribution < -0.4 is 0 Å². The third-order valence-corrected chi connectivity index (χ3v) is 2.78. The van der Waals surface area contributed by atoms with Gasteiger partial charge in [0.2, 0.25) is 0 Å². The standard InChI is InChI=1S/C10H17N3O/c1-9(2)6-10(14,7-9)4-8-5-13(3)12-11-8/h5,14H,4,6-7H2,1-3H3. The van der Waals surface area contributed by atoms with Crippen LogP contribution >= 0.6 is 0 Å². The fraction of sp³-hybridized carbons (Fsp3) is 0.800. The van der Waals surface area contributed by atoms with Gasteiger partial charge in [0.05, 0.1) is 11.3 Å². The van der Waals surface area contributed by atoms with Crippen LogP contribution in [0.5, 0.6) is 0 Å². The van der Waals surface area contributed by atoms with Gasteiger partial charge in [-0.3, -0.25) is 4.68 Å². The molecular formula is C10H17N3O. The molecule has 78 valence electrons. The molecule has 14 heavy (non-hydrogen) atoms. The van der Waals surface area contributed by atoms with Crippen LogP contribution in [0.2, 0.25) is 0 Å². The molecule has 0 aromatic carbocycles. The van der Waals surface area contributed by atoms with Crippen LogP contribution in [0.4, 0.5) is 0 Å². The minimum atomic E-state index is -0.542. The summed E-state index contributed by atoms with van der Waals surface area (Å²) < 4.78 is 1.67. The second kappa shape index (κ2) is 2.79. The van der Waals surface area contributed by atoms with E-state index < -0.39 is 5.60 Å². The molecular weight excluding hydrogens is 178 g/mol. The number of hydrogen-bond donors (Lipinski definition) is 1. The Bertz CT molecular complexity index is 335. The first-order chi connectivity index (χ1) is 6.39. The average molecular weight is 195 g/mol. The summed E-state index contributed by atoms with van der Waals surface area (Å²) in [6, 6.07) is 0. The lowest BCUT2D eigenvalue weighted by molar-refractivity contribution is -0.112. The van der Waals surface area contributed by atoms with Gasteiger partial charge in [-0.2, -0.15) is 0 Å². The zero-order valence-corrected chi connectivity index (χ0v) is 8.99. The summed E-state index contributed by atoms with van der Waals surface area (Å²) in [5.74, 6) is 0. The minimum absolute atomic E-state index is 0.289. The van der Waals surface area contributed by atoms with Crippen molar-refractivity contribution in [3.8, 4) is 0 Å². The number of aryl methyl sites for hydroxylation is 1. The monoisotopic (exact) mass is 195 g/mol. The Balaban J connectivity index is 1.99. The van der Waals surface area contributed by atoms with E-state index in [4.69, 9.17) is 0 Å². The Morgan fingerprint density at radius 1 is 1.50 bits per heavy atom. The molecule has 0 saturated heterocycles. The van der Waals surface area contributed by atoms with Gasteiger partial charge in [-0.05, 0) is 18.3 Å². The number of aliphatic hydroxyl groups is 1. The summed E-state index contributed by atoms with van der Waals surface area (Å²) in [7, 11) is 1.84. The fourth-order valence-corrected chi connectivity index (χ4v) is 2.67. The molecule has 1 aromatic heterocycles. The molecule has 0 spiro atoms. The first-order valence-corrected chi connectivity index (χ1v) is 4.96. The van der Waals surface area contributed by atoms with E-state index in [0.29, 0.717) is 6.42 Å². The lowest BCUT2D eigenvalue weighted by Gasteiger charge is -2.49. The van der Waals surface area contributed by atoms with Crippen molar-refractivity contribution in [2.24, 2.45) is 12.5 Å². The van der Waals surface area contributed by atoms with E-state index in [-0.39, 0.29) is 5.41 Å². The van der Waals surface area contributed by atoms with Crippen LogP contribution in [-0.4, -0.2) is 25.7 Å². The molecule has 2 rings (SSSR count). The highest BCUT2D eigenvalue weighted by molar-refractivity contribution is 5.07. The molecule has 1 aliphatic rings. The van der Waals surface area contributed by atoms with Gasteiger partial charge >= 0.3 is 0 Å². The quantitative estimate of drug-likeness (QED) is 0.763. The van der Waals surface area contributed by atoms with Crippen LogP contribution in [0.1, 0.15) is 32.4 Å². The van der Waals surface area contributed by atoms with Crippen molar-refractivity contribution in [2.75, 3.05) is 0 Å². The molecule has 0 amide bonds. The summed E-state index contributed by atoms with van der Waals surface area (Å²) in [6.07, 6.45) is 4.21. The van der Waals surface area contributed by atoms with Crippen LogP contribution in [0.3, 0.4) is 0 Å². The van der Waals surface area contributed by atoms with E-state index in [9.17, 15) is 5.11 Å². The number of aromatic nitrogens is 3. The van der Waals surface area contributed by atoms with E-state index in [1.165, 1.54) is 0 Å². The zero-order chi connectivity index (χ0) is 10.4. The Morgan fingerprint density at radius 2 is 2.14 bits per heavy atom. The maximum absolute atomic E-state index is 10.1. The molecule has 1 aromatic rings. The van der Waals surface area contributed by atoms with Crippen LogP contribution in [-0.2, 0) is 13.5 Å². The Labute approximate surface area is 83.9 Å². The number of hydrogen-bond acceptors (Lipinski definition) is 3. The van der Waals surface area contributed by atoms with E-state index in [1.54, 1.807) is 4.68 Å². The smallest absolute Gasteiger partial charge is 0.0855 e. The molecule has 0 radical (unpaired) electrons. The molecule has 4 nitrogen and oxygen atoms in total. The Kier molecular flexibility index (Phi) is 1.93. The van der Waals surface area contributed by atoms with E-state index in [2.05, 4.69) is 24.2 Å². The predicted octanol–water partition coefficient (Wildman–Crippen LogP) is 0.909. The minimum Gasteiger partial charge on any atom is -0.389 e. The van der Waals surface area contributed by atoms with Crippen molar-refractivity contribution < 1.29 is 5.11 Å². The van der Waals surface area contributed by atoms with Crippen molar-refractivity contribution in [1.82, 2.24) is 15.0 Å². The molecule has 4 heteroatoms. The molecule has 1 saturated carbocycles. The fourth-order valence-electron chi connectivity index (χ4n) is 2.67. The largest absolute Gasteiger partial charge is 0.389 e. The van der Waals surface area contributed by atoms with Crippen molar-refractivity contribution in [3.05, 3.63) is 11.9 Å². The van der Waals surface area contributed by atoms with Crippen molar-refractivity contribution in [3.63, 3.8) is 0 Å². The first kappa shape index (κ1) is 9.65. The Hall–Kier alpha value is -0.900. The van der Waals surface area contributed by atoms with Gasteiger partial charge in [0.1, 0.15) is 0 Å². The lowest BCUT2D eigenvalue weighted by Crippen LogP contribution is -2.50. The van der Waals surface area contributed by atoms with E-state index in [1.807, 2.05) is 13.2 Å². The molecule has 1 heterocycles. The van der Waals surface area contributed by atoms with Gasteiger partial charge < -0.3 is 5.11 Å². The zero-order valence-electron chi connectivity index (χ0n) is 8.99. The third-order valence-electron chi connectivity index (χ3n) is 2.78. The average Bonchev–Trinajstić information content (AvgIpc) is 2.29. The van der Waals surface area contributed by atoms with Crippen molar-refractivity contribution in [2.45, 2.75) is 38.7 Å². The van der Waals surface area contributed by atoms with Gasteiger partial charge in [0.25, 0.3) is 0 Å². The first-order valence-electron chi connectivity index (χ1n) is 4.96. The molecule has 1 N–H and O–H groups in total. The molecule has 0 atom stereocenters. The predicted molar refractivity (Wildman–Crippen MR) is 52.7 cm³/mol. The van der Waals surface area contributed by atoms with E-state index in [0.717, 1.165) is 18.5 Å². The highest BCUT2D eigenvalue weighted by Gasteiger charge is 2.48. The number of nitrogens with zero attached hydrogens (tertiary/aromatic N) is 3. The van der Waals surface area contributed by atoms with Gasteiger partial charge in [-0.1, -0.05) is 19.1 Å². The summed E-state index contributed by atoms with van der Waals surface area (Å²) >= 11 is 0. The lowest BCUT2D eigenvalue weighted by atomic mass is 9.60. The number of rotatable bonds is 2.